The van der Waals surface area contributed by atoms with Crippen LogP contribution in [0.25, 0.3) is 0 Å². The van der Waals surface area contributed by atoms with E-state index < -0.39 is 76.7 Å². The van der Waals surface area contributed by atoms with E-state index in [4.69, 9.17) is 0 Å². The first-order chi connectivity index (χ1) is 15.2. The smallest absolute Gasteiger partial charge is 0.356 e. The van der Waals surface area contributed by atoms with E-state index in [1.807, 2.05) is 0 Å². The molecule has 0 radical (unpaired) electrons. The van der Waals surface area contributed by atoms with Crippen LogP contribution in [0.15, 0.2) is 24.3 Å². The van der Waals surface area contributed by atoms with Gasteiger partial charge in [0.1, 0.15) is 0 Å². The summed E-state index contributed by atoms with van der Waals surface area (Å²) in [7, 11) is -0.613. The van der Waals surface area contributed by atoms with Crippen molar-refractivity contribution in [3.63, 3.8) is 0 Å². The van der Waals surface area contributed by atoms with E-state index in [2.05, 4.69) is 22.6 Å². The maximum Gasteiger partial charge on any atom is 0.356 e. The van der Waals surface area contributed by atoms with Crippen LogP contribution < -0.4 is 0 Å². The van der Waals surface area contributed by atoms with Crippen molar-refractivity contribution in [2.24, 2.45) is 0 Å². The summed E-state index contributed by atoms with van der Waals surface area (Å²) in [6, 6.07) is 0. The van der Waals surface area contributed by atoms with Crippen LogP contribution in [0.2, 0.25) is 0 Å². The molecule has 35 heavy (non-hydrogen) atoms. The summed E-state index contributed by atoms with van der Waals surface area (Å²) in [5.74, 6) is -36.5. The van der Waals surface area contributed by atoms with Gasteiger partial charge in [0, 0.05) is 11.1 Å². The molecule has 0 spiro atoms. The van der Waals surface area contributed by atoms with Crippen LogP contribution in [0.4, 0.5) is 52.7 Å². The first kappa shape index (κ1) is 33.4. The Morgan fingerprint density at radius 1 is 0.600 bits per heavy atom. The van der Waals surface area contributed by atoms with Gasteiger partial charge < -0.3 is 9.47 Å². The first-order valence-electron chi connectivity index (χ1n) is 8.65. The van der Waals surface area contributed by atoms with E-state index in [1.165, 1.54) is 0 Å². The largest absolute Gasteiger partial charge is 0.456 e. The lowest BCUT2D eigenvalue weighted by atomic mass is 9.91. The minimum Gasteiger partial charge on any atom is -0.456 e. The molecule has 0 amide bonds. The third-order valence-corrected chi connectivity index (χ3v) is 5.66. The van der Waals surface area contributed by atoms with Crippen molar-refractivity contribution in [2.75, 3.05) is 13.2 Å². The third kappa shape index (κ3) is 5.73. The molecule has 0 saturated carbocycles. The predicted molar refractivity (Wildman–Crippen MR) is 103 cm³/mol. The lowest BCUT2D eigenvalue weighted by Crippen LogP contribution is -2.72. The van der Waals surface area contributed by atoms with E-state index >= 15 is 0 Å². The fourth-order valence-electron chi connectivity index (χ4n) is 1.93. The zero-order valence-electron chi connectivity index (χ0n) is 17.7. The number of alkyl halides is 12. The Hall–Kier alpha value is -1.56. The topological polar surface area (TPSA) is 52.6 Å². The van der Waals surface area contributed by atoms with Crippen LogP contribution in [0.1, 0.15) is 13.8 Å². The van der Waals surface area contributed by atoms with Gasteiger partial charge in [-0.25, -0.2) is 18.4 Å². The molecule has 204 valence electrons. The Labute approximate surface area is 194 Å². The maximum atomic E-state index is 14.6. The highest BCUT2D eigenvalue weighted by Gasteiger charge is 2.87. The zero-order valence-corrected chi connectivity index (χ0v) is 20.0. The van der Waals surface area contributed by atoms with E-state index in [1.54, 1.807) is 0 Å². The van der Waals surface area contributed by atoms with E-state index in [9.17, 15) is 62.3 Å². The Morgan fingerprint density at radius 3 is 1.03 bits per heavy atom. The second-order valence-corrected chi connectivity index (χ2v) is 8.86. The average molecular weight is 576 g/mol. The summed E-state index contributed by atoms with van der Waals surface area (Å²) in [6.45, 7) is 1.79. The second-order valence-electron chi connectivity index (χ2n) is 7.27. The fraction of sp³-hybridized carbons (Fsp3) is 0.647. The minimum absolute atomic E-state index is 0.306. The van der Waals surface area contributed by atoms with Crippen molar-refractivity contribution in [3.05, 3.63) is 24.3 Å². The molecule has 0 aliphatic carbocycles. The highest BCUT2D eigenvalue weighted by Crippen LogP contribution is 2.65. The van der Waals surface area contributed by atoms with E-state index in [0.29, 0.717) is 0 Å². The SMILES string of the molecule is C=C(C)C(=O)OCC(F)(F)C(F)(F)C(F)(P)C(F)(F)[C@](F)(P)C(F)(F)C(F)(F)COC(=O)C(=C)C. The Kier molecular flexibility index (Phi) is 9.62. The summed E-state index contributed by atoms with van der Waals surface area (Å²) in [4.78, 5) is 22.2. The highest BCUT2D eigenvalue weighted by atomic mass is 31.0. The summed E-state index contributed by atoms with van der Waals surface area (Å²) < 4.78 is 177. The number of esters is 2. The summed E-state index contributed by atoms with van der Waals surface area (Å²) in [5, 5.41) is -12.8. The molecule has 18 heteroatoms. The van der Waals surface area contributed by atoms with Crippen LogP contribution in [-0.2, 0) is 19.1 Å². The molecule has 0 aromatic rings. The number of hydrogen-bond donors (Lipinski definition) is 0. The molecule has 0 bridgehead atoms. The Morgan fingerprint density at radius 2 is 0.829 bits per heavy atom. The molecule has 4 nitrogen and oxygen atoms in total. The number of halogens is 12. The molecule has 0 heterocycles. The molecule has 0 rings (SSSR count). The molecular weight excluding hydrogens is 558 g/mol. The van der Waals surface area contributed by atoms with Crippen molar-refractivity contribution < 1.29 is 71.7 Å². The van der Waals surface area contributed by atoms with Gasteiger partial charge in [0.2, 0.25) is 0 Å². The van der Waals surface area contributed by atoms with Crippen LogP contribution in [-0.4, -0.2) is 65.6 Å². The monoisotopic (exact) mass is 576 g/mol. The zero-order chi connectivity index (χ0) is 28.6. The molecular formula is C17H18F12O4P2. The Balaban J connectivity index is 6.36. The summed E-state index contributed by atoms with van der Waals surface area (Å²) >= 11 is 0. The lowest BCUT2D eigenvalue weighted by molar-refractivity contribution is -0.349. The normalized spacial score (nSPS) is 17.1. The molecule has 0 aliphatic heterocycles. The quantitative estimate of drug-likeness (QED) is 0.134. The van der Waals surface area contributed by atoms with Gasteiger partial charge >= 0.3 is 41.6 Å². The van der Waals surface area contributed by atoms with Crippen molar-refractivity contribution >= 4 is 30.4 Å². The van der Waals surface area contributed by atoms with Crippen LogP contribution in [0, 0.1) is 0 Å². The van der Waals surface area contributed by atoms with Gasteiger partial charge in [0.15, 0.2) is 13.2 Å². The molecule has 0 aliphatic rings. The number of carbonyl (C=O) groups is 2. The van der Waals surface area contributed by atoms with Crippen LogP contribution in [0.5, 0.6) is 0 Å². The van der Waals surface area contributed by atoms with Gasteiger partial charge in [0.25, 0.3) is 10.8 Å². The average Bonchev–Trinajstić information content (AvgIpc) is 2.68. The molecule has 0 aromatic heterocycles. The summed E-state index contributed by atoms with van der Waals surface area (Å²) in [6.07, 6.45) is 0. The maximum absolute atomic E-state index is 14.6. The van der Waals surface area contributed by atoms with Crippen molar-refractivity contribution in [1.82, 2.24) is 0 Å². The van der Waals surface area contributed by atoms with Crippen molar-refractivity contribution in [3.8, 4) is 0 Å². The number of ether oxygens (including phenoxy) is 2. The molecule has 0 N–H and O–H groups in total. The third-order valence-electron chi connectivity index (χ3n) is 4.21. The number of rotatable bonds is 12. The summed E-state index contributed by atoms with van der Waals surface area (Å²) in [5.41, 5.74) is -1.32. The van der Waals surface area contributed by atoms with Crippen LogP contribution >= 0.6 is 18.5 Å². The van der Waals surface area contributed by atoms with Gasteiger partial charge in [0.05, 0.1) is 0 Å². The van der Waals surface area contributed by atoms with Gasteiger partial charge in [-0.3, -0.25) is 0 Å². The van der Waals surface area contributed by atoms with E-state index in [-0.39, 0.29) is 18.5 Å². The molecule has 3 unspecified atom stereocenters. The highest BCUT2D eigenvalue weighted by molar-refractivity contribution is 7.20. The molecule has 0 aromatic carbocycles. The second kappa shape index (κ2) is 10.1. The van der Waals surface area contributed by atoms with Crippen molar-refractivity contribution in [1.29, 1.82) is 0 Å². The van der Waals surface area contributed by atoms with Gasteiger partial charge in [-0.1, -0.05) is 31.6 Å². The Bertz CT molecular complexity index is 803. The molecule has 0 fully saturated rings. The number of hydrogen-bond acceptors (Lipinski definition) is 4. The van der Waals surface area contributed by atoms with Crippen LogP contribution in [0.3, 0.4) is 0 Å². The molecule has 4 atom stereocenters. The fourth-order valence-corrected chi connectivity index (χ4v) is 2.94. The van der Waals surface area contributed by atoms with Crippen molar-refractivity contribution in [2.45, 2.75) is 54.3 Å². The van der Waals surface area contributed by atoms with E-state index in [0.717, 1.165) is 13.8 Å². The predicted octanol–water partition coefficient (Wildman–Crippen LogP) is 5.48. The standard InChI is InChI=1S/C17H18F12O4P2/c1-7(2)9(30)32-5-11(18,19)13(22,23)16(28,34)15(26,27)17(29,35)14(24,25)12(20,21)6-33-10(31)8(3)4/h1,3,5-6,34-35H2,2,4H3/t16-,17?/m1/s1. The van der Waals surface area contributed by atoms with Gasteiger partial charge in [-0.05, 0) is 13.8 Å². The molecule has 0 saturated heterocycles. The van der Waals surface area contributed by atoms with Gasteiger partial charge in [-0.2, -0.15) is 43.9 Å². The minimum atomic E-state index is -7.05. The first-order valence-corrected chi connectivity index (χ1v) is 9.81. The lowest BCUT2D eigenvalue weighted by Gasteiger charge is -2.46. The number of carbonyl (C=O) groups excluding carboxylic acids is 2. The van der Waals surface area contributed by atoms with Gasteiger partial charge in [-0.15, -0.1) is 0 Å².